The van der Waals surface area contributed by atoms with E-state index in [2.05, 4.69) is 0 Å². The summed E-state index contributed by atoms with van der Waals surface area (Å²) in [6.07, 6.45) is 1.71. The summed E-state index contributed by atoms with van der Waals surface area (Å²) in [6, 6.07) is 7.80. The fourth-order valence-corrected chi connectivity index (χ4v) is 1.97. The molecule has 1 aliphatic rings. The molecule has 0 aliphatic carbocycles. The Bertz CT molecular complexity index is 386. The molecular weight excluding hydrogens is 192 g/mol. The Morgan fingerprint density at radius 3 is 3.00 bits per heavy atom. The lowest BCUT2D eigenvalue weighted by Gasteiger charge is -2.34. The molecule has 0 amide bonds. The molecule has 1 heterocycles. The molecule has 2 rings (SSSR count). The number of aliphatic carboxylic acids is 1. The lowest BCUT2D eigenvalue weighted by molar-refractivity contribution is -0.141. The number of rotatable bonds is 2. The normalized spacial score (nSPS) is 24.1. The number of para-hydroxylation sites is 1. The second-order valence-corrected chi connectivity index (χ2v) is 4.23. The van der Waals surface area contributed by atoms with E-state index in [1.54, 1.807) is 0 Å². The molecule has 1 aliphatic heterocycles. The molecule has 3 heteroatoms. The second kappa shape index (κ2) is 3.57. The maximum atomic E-state index is 10.7. The summed E-state index contributed by atoms with van der Waals surface area (Å²) in [5.41, 5.74) is 0.612. The van der Waals surface area contributed by atoms with Gasteiger partial charge in [-0.05, 0) is 31.4 Å². The van der Waals surface area contributed by atoms with Crippen molar-refractivity contribution in [2.75, 3.05) is 0 Å². The second-order valence-electron chi connectivity index (χ2n) is 4.23. The van der Waals surface area contributed by atoms with Crippen molar-refractivity contribution in [3.8, 4) is 5.75 Å². The van der Waals surface area contributed by atoms with Gasteiger partial charge in [-0.2, -0.15) is 0 Å². The molecule has 0 fully saturated rings. The Morgan fingerprint density at radius 1 is 1.53 bits per heavy atom. The molecule has 1 N–H and O–H groups in total. The number of fused-ring (bicyclic) bond motifs is 1. The van der Waals surface area contributed by atoms with Gasteiger partial charge >= 0.3 is 5.97 Å². The monoisotopic (exact) mass is 206 g/mol. The lowest BCUT2D eigenvalue weighted by atomic mass is 9.90. The molecule has 0 bridgehead atoms. The number of aryl methyl sites for hydroxylation is 1. The van der Waals surface area contributed by atoms with E-state index in [0.29, 0.717) is 0 Å². The van der Waals surface area contributed by atoms with Gasteiger partial charge in [-0.1, -0.05) is 18.2 Å². The zero-order chi connectivity index (χ0) is 10.9. The van der Waals surface area contributed by atoms with E-state index >= 15 is 0 Å². The Labute approximate surface area is 88.7 Å². The minimum absolute atomic E-state index is 0.0569. The topological polar surface area (TPSA) is 46.5 Å². The number of benzene rings is 1. The van der Waals surface area contributed by atoms with Crippen LogP contribution in [0.5, 0.6) is 5.75 Å². The summed E-state index contributed by atoms with van der Waals surface area (Å²) < 4.78 is 5.75. The van der Waals surface area contributed by atoms with Gasteiger partial charge in [0.2, 0.25) is 0 Å². The van der Waals surface area contributed by atoms with E-state index < -0.39 is 11.6 Å². The van der Waals surface area contributed by atoms with Crippen LogP contribution in [0, 0.1) is 0 Å². The quantitative estimate of drug-likeness (QED) is 0.807. The van der Waals surface area contributed by atoms with Gasteiger partial charge in [0.05, 0.1) is 6.42 Å². The van der Waals surface area contributed by atoms with Crippen molar-refractivity contribution in [3.05, 3.63) is 29.8 Å². The van der Waals surface area contributed by atoms with Crippen LogP contribution in [0.3, 0.4) is 0 Å². The highest BCUT2D eigenvalue weighted by Crippen LogP contribution is 2.34. The zero-order valence-corrected chi connectivity index (χ0v) is 8.69. The van der Waals surface area contributed by atoms with Gasteiger partial charge in [0, 0.05) is 0 Å². The third-order valence-corrected chi connectivity index (χ3v) is 2.78. The van der Waals surface area contributed by atoms with Crippen LogP contribution in [0.1, 0.15) is 25.3 Å². The van der Waals surface area contributed by atoms with E-state index in [1.165, 1.54) is 5.56 Å². The summed E-state index contributed by atoms with van der Waals surface area (Å²) in [5, 5.41) is 8.80. The van der Waals surface area contributed by atoms with Gasteiger partial charge in [-0.3, -0.25) is 4.79 Å². The molecule has 1 aromatic carbocycles. The average molecular weight is 206 g/mol. The Balaban J connectivity index is 2.21. The first-order chi connectivity index (χ1) is 7.09. The van der Waals surface area contributed by atoms with Crippen molar-refractivity contribution < 1.29 is 14.6 Å². The number of carbonyl (C=O) groups is 1. The fourth-order valence-electron chi connectivity index (χ4n) is 1.97. The van der Waals surface area contributed by atoms with Crippen molar-refractivity contribution in [2.24, 2.45) is 0 Å². The molecule has 0 spiro atoms. The third kappa shape index (κ3) is 2.12. The Morgan fingerprint density at radius 2 is 2.27 bits per heavy atom. The molecule has 0 saturated heterocycles. The van der Waals surface area contributed by atoms with Gasteiger partial charge in [0.1, 0.15) is 11.4 Å². The van der Waals surface area contributed by atoms with Gasteiger partial charge in [-0.15, -0.1) is 0 Å². The standard InChI is InChI=1S/C12H14O3/c1-12(8-11(13)14)7-6-9-4-2-3-5-10(9)15-12/h2-5H,6-8H2,1H3,(H,13,14). The third-order valence-electron chi connectivity index (χ3n) is 2.78. The first kappa shape index (κ1) is 10.0. The van der Waals surface area contributed by atoms with Gasteiger partial charge < -0.3 is 9.84 Å². The van der Waals surface area contributed by atoms with E-state index in [9.17, 15) is 4.79 Å². The smallest absolute Gasteiger partial charge is 0.307 e. The molecule has 3 nitrogen and oxygen atoms in total. The summed E-state index contributed by atoms with van der Waals surface area (Å²) in [6.45, 7) is 1.86. The van der Waals surface area contributed by atoms with Crippen molar-refractivity contribution in [1.29, 1.82) is 0 Å². The number of hydrogen-bond acceptors (Lipinski definition) is 2. The fraction of sp³-hybridized carbons (Fsp3) is 0.417. The van der Waals surface area contributed by atoms with E-state index in [0.717, 1.165) is 18.6 Å². The molecule has 1 unspecified atom stereocenters. The van der Waals surface area contributed by atoms with Crippen LogP contribution in [0.15, 0.2) is 24.3 Å². The first-order valence-corrected chi connectivity index (χ1v) is 5.08. The van der Waals surface area contributed by atoms with E-state index in [4.69, 9.17) is 9.84 Å². The molecule has 80 valence electrons. The number of carboxylic acid groups (broad SMARTS) is 1. The number of ether oxygens (including phenoxy) is 1. The minimum Gasteiger partial charge on any atom is -0.487 e. The highest BCUT2D eigenvalue weighted by molar-refractivity contribution is 5.68. The van der Waals surface area contributed by atoms with Gasteiger partial charge in [0.15, 0.2) is 0 Å². The van der Waals surface area contributed by atoms with Crippen LogP contribution in [-0.2, 0) is 11.2 Å². The maximum absolute atomic E-state index is 10.7. The minimum atomic E-state index is -0.808. The number of hydrogen-bond donors (Lipinski definition) is 1. The van der Waals surface area contributed by atoms with Crippen LogP contribution >= 0.6 is 0 Å². The Hall–Kier alpha value is -1.51. The van der Waals surface area contributed by atoms with Crippen molar-refractivity contribution in [3.63, 3.8) is 0 Å². The predicted octanol–water partition coefficient (Wildman–Crippen LogP) is 2.25. The summed E-state index contributed by atoms with van der Waals surface area (Å²) in [5.74, 6) is 0.0179. The molecule has 0 radical (unpaired) electrons. The summed E-state index contributed by atoms with van der Waals surface area (Å²) >= 11 is 0. The first-order valence-electron chi connectivity index (χ1n) is 5.08. The summed E-state index contributed by atoms with van der Waals surface area (Å²) in [7, 11) is 0. The summed E-state index contributed by atoms with van der Waals surface area (Å²) in [4.78, 5) is 10.7. The van der Waals surface area contributed by atoms with Crippen molar-refractivity contribution in [1.82, 2.24) is 0 Å². The van der Waals surface area contributed by atoms with Crippen LogP contribution in [0.2, 0.25) is 0 Å². The molecule has 1 atom stereocenters. The van der Waals surface area contributed by atoms with E-state index in [1.807, 2.05) is 31.2 Å². The van der Waals surface area contributed by atoms with Crippen LogP contribution < -0.4 is 4.74 Å². The van der Waals surface area contributed by atoms with Crippen molar-refractivity contribution in [2.45, 2.75) is 31.8 Å². The zero-order valence-electron chi connectivity index (χ0n) is 8.69. The highest BCUT2D eigenvalue weighted by atomic mass is 16.5. The Kier molecular flexibility index (Phi) is 2.39. The van der Waals surface area contributed by atoms with Crippen LogP contribution in [0.4, 0.5) is 0 Å². The lowest BCUT2D eigenvalue weighted by Crippen LogP contribution is -2.38. The largest absolute Gasteiger partial charge is 0.487 e. The van der Waals surface area contributed by atoms with Crippen LogP contribution in [0.25, 0.3) is 0 Å². The highest BCUT2D eigenvalue weighted by Gasteiger charge is 2.33. The average Bonchev–Trinajstić information content (AvgIpc) is 2.15. The van der Waals surface area contributed by atoms with Crippen LogP contribution in [-0.4, -0.2) is 16.7 Å². The predicted molar refractivity (Wildman–Crippen MR) is 56.0 cm³/mol. The molecule has 15 heavy (non-hydrogen) atoms. The van der Waals surface area contributed by atoms with Gasteiger partial charge in [0.25, 0.3) is 0 Å². The van der Waals surface area contributed by atoms with Crippen molar-refractivity contribution >= 4 is 5.97 Å². The van der Waals surface area contributed by atoms with Gasteiger partial charge in [-0.25, -0.2) is 0 Å². The maximum Gasteiger partial charge on any atom is 0.307 e. The van der Waals surface area contributed by atoms with E-state index in [-0.39, 0.29) is 6.42 Å². The number of carboxylic acids is 1. The molecule has 0 aromatic heterocycles. The molecular formula is C12H14O3. The molecule has 0 saturated carbocycles. The SMILES string of the molecule is CC1(CC(=O)O)CCc2ccccc2O1. The molecule has 1 aromatic rings.